The zero-order valence-corrected chi connectivity index (χ0v) is 27.4. The Bertz CT molecular complexity index is 787. The first-order valence-corrected chi connectivity index (χ1v) is 16.2. The van der Waals surface area contributed by atoms with E-state index >= 15 is 0 Å². The van der Waals surface area contributed by atoms with Crippen molar-refractivity contribution in [1.82, 2.24) is 0 Å². The zero-order valence-electron chi connectivity index (χ0n) is 27.4. The summed E-state index contributed by atoms with van der Waals surface area (Å²) in [5.41, 5.74) is 1.75. The van der Waals surface area contributed by atoms with E-state index < -0.39 is 5.97 Å². The lowest BCUT2D eigenvalue weighted by atomic mass is 10.0. The molecule has 0 aliphatic rings. The number of hydrogen-bond acceptors (Lipinski definition) is 10. The molecule has 0 aromatic heterocycles. The quantitative estimate of drug-likeness (QED) is 0.0588. The van der Waals surface area contributed by atoms with Crippen LogP contribution in [0.4, 0.5) is 0 Å². The van der Waals surface area contributed by atoms with Gasteiger partial charge in [-0.3, -0.25) is 0 Å². The summed E-state index contributed by atoms with van der Waals surface area (Å²) in [4.78, 5) is 11.2. The molecular weight excluding hydrogens is 568 g/mol. The molecular formula is C34H58O10. The maximum absolute atomic E-state index is 11.2. The second-order valence-corrected chi connectivity index (χ2v) is 10.2. The molecule has 0 amide bonds. The van der Waals surface area contributed by atoms with Crippen LogP contribution >= 0.6 is 0 Å². The van der Waals surface area contributed by atoms with Gasteiger partial charge in [0.05, 0.1) is 92.5 Å². The lowest BCUT2D eigenvalue weighted by Crippen LogP contribution is -2.15. The van der Waals surface area contributed by atoms with Crippen molar-refractivity contribution in [3.8, 4) is 5.75 Å². The predicted octanol–water partition coefficient (Wildman–Crippen LogP) is 5.20. The summed E-state index contributed by atoms with van der Waals surface area (Å²) in [5, 5.41) is 0. The first-order chi connectivity index (χ1) is 21.6. The Kier molecular flexibility index (Phi) is 28.1. The molecule has 0 bridgehead atoms. The number of rotatable bonds is 33. The molecule has 10 heteroatoms. The van der Waals surface area contributed by atoms with Gasteiger partial charge in [0.2, 0.25) is 0 Å². The molecule has 0 fully saturated rings. The lowest BCUT2D eigenvalue weighted by molar-refractivity contribution is -0.140. The highest BCUT2D eigenvalue weighted by molar-refractivity contribution is 5.86. The molecule has 1 aromatic rings. The van der Waals surface area contributed by atoms with E-state index in [4.69, 9.17) is 42.6 Å². The third-order valence-electron chi connectivity index (χ3n) is 6.28. The average molecular weight is 627 g/mol. The summed E-state index contributed by atoms with van der Waals surface area (Å²) < 4.78 is 48.9. The summed E-state index contributed by atoms with van der Waals surface area (Å²) in [6, 6.07) is 8.42. The molecule has 254 valence electrons. The standard InChI is InChI=1S/C34H58O10/c1-4-5-6-7-8-9-10-32-11-13-33(14-12-32)43-29-27-41-25-23-39-21-19-37-17-15-36-16-18-38-20-22-40-24-26-42-28-30-44-34(35)31(2)3/h11-14H,2,4-10,15-30H2,1,3H3. The Morgan fingerprint density at radius 2 is 0.932 bits per heavy atom. The van der Waals surface area contributed by atoms with E-state index in [1.807, 2.05) is 12.1 Å². The van der Waals surface area contributed by atoms with Crippen LogP contribution in [0.15, 0.2) is 36.4 Å². The van der Waals surface area contributed by atoms with Crippen LogP contribution in [-0.4, -0.2) is 112 Å². The molecule has 1 aromatic carbocycles. The number of esters is 1. The molecule has 0 N–H and O–H groups in total. The van der Waals surface area contributed by atoms with Crippen molar-refractivity contribution in [1.29, 1.82) is 0 Å². The Balaban J connectivity index is 1.73. The summed E-state index contributed by atoms with van der Waals surface area (Å²) >= 11 is 0. The van der Waals surface area contributed by atoms with E-state index in [-0.39, 0.29) is 6.61 Å². The predicted molar refractivity (Wildman–Crippen MR) is 171 cm³/mol. The van der Waals surface area contributed by atoms with Gasteiger partial charge in [-0.25, -0.2) is 4.79 Å². The summed E-state index contributed by atoms with van der Waals surface area (Å²) in [6.45, 7) is 14.9. The second-order valence-electron chi connectivity index (χ2n) is 10.2. The molecule has 44 heavy (non-hydrogen) atoms. The van der Waals surface area contributed by atoms with E-state index in [0.29, 0.717) is 105 Å². The average Bonchev–Trinajstić information content (AvgIpc) is 3.03. The number of aryl methyl sites for hydroxylation is 1. The van der Waals surface area contributed by atoms with E-state index in [1.54, 1.807) is 6.92 Å². The lowest BCUT2D eigenvalue weighted by Gasteiger charge is -2.09. The smallest absolute Gasteiger partial charge is 0.333 e. The maximum Gasteiger partial charge on any atom is 0.333 e. The maximum atomic E-state index is 11.2. The number of carbonyl (C=O) groups excluding carboxylic acids is 1. The van der Waals surface area contributed by atoms with Crippen molar-refractivity contribution in [3.63, 3.8) is 0 Å². The third kappa shape index (κ3) is 26.4. The number of carbonyl (C=O) groups is 1. The number of unbranched alkanes of at least 4 members (excludes halogenated alkanes) is 5. The normalized spacial score (nSPS) is 11.1. The molecule has 0 saturated carbocycles. The van der Waals surface area contributed by atoms with Crippen LogP contribution in [0.1, 0.15) is 57.9 Å². The third-order valence-corrected chi connectivity index (χ3v) is 6.28. The van der Waals surface area contributed by atoms with E-state index in [1.165, 1.54) is 44.1 Å². The van der Waals surface area contributed by atoms with Gasteiger partial charge in [0.25, 0.3) is 0 Å². The SMILES string of the molecule is C=C(C)C(=O)OCCOCCOCCOCCOCCOCCOCCOCCOc1ccc(CCCCCCCC)cc1. The molecule has 0 saturated heterocycles. The van der Waals surface area contributed by atoms with Gasteiger partial charge >= 0.3 is 5.97 Å². The van der Waals surface area contributed by atoms with Crippen LogP contribution in [0.2, 0.25) is 0 Å². The van der Waals surface area contributed by atoms with E-state index in [0.717, 1.165) is 12.2 Å². The van der Waals surface area contributed by atoms with Gasteiger partial charge in [0.15, 0.2) is 0 Å². The van der Waals surface area contributed by atoms with E-state index in [9.17, 15) is 4.79 Å². The molecule has 0 unspecified atom stereocenters. The number of benzene rings is 1. The van der Waals surface area contributed by atoms with E-state index in [2.05, 4.69) is 25.6 Å². The number of ether oxygens (including phenoxy) is 9. The fraction of sp³-hybridized carbons (Fsp3) is 0.735. The second kappa shape index (κ2) is 31.0. The summed E-state index contributed by atoms with van der Waals surface area (Å²) in [5.74, 6) is 0.474. The highest BCUT2D eigenvalue weighted by atomic mass is 16.6. The van der Waals surface area contributed by atoms with Crippen LogP contribution in [0.3, 0.4) is 0 Å². The van der Waals surface area contributed by atoms with Gasteiger partial charge in [-0.1, -0.05) is 57.7 Å². The molecule has 10 nitrogen and oxygen atoms in total. The zero-order chi connectivity index (χ0) is 31.8. The fourth-order valence-corrected chi connectivity index (χ4v) is 3.82. The minimum Gasteiger partial charge on any atom is -0.491 e. The van der Waals surface area contributed by atoms with Crippen molar-refractivity contribution < 1.29 is 47.4 Å². The molecule has 0 radical (unpaired) electrons. The van der Waals surface area contributed by atoms with Crippen LogP contribution in [0.25, 0.3) is 0 Å². The van der Waals surface area contributed by atoms with Crippen molar-refractivity contribution in [2.75, 3.05) is 106 Å². The Labute approximate surface area is 265 Å². The largest absolute Gasteiger partial charge is 0.491 e. The first-order valence-electron chi connectivity index (χ1n) is 16.2. The van der Waals surface area contributed by atoms with Crippen LogP contribution < -0.4 is 4.74 Å². The van der Waals surface area contributed by atoms with Crippen molar-refractivity contribution in [3.05, 3.63) is 42.0 Å². The van der Waals surface area contributed by atoms with Gasteiger partial charge in [-0.05, 0) is 37.5 Å². The topological polar surface area (TPSA) is 100 Å². The Morgan fingerprint density at radius 1 is 0.545 bits per heavy atom. The van der Waals surface area contributed by atoms with Crippen molar-refractivity contribution in [2.45, 2.75) is 58.8 Å². The Hall–Kier alpha value is -2.05. The molecule has 1 rings (SSSR count). The Morgan fingerprint density at radius 3 is 1.36 bits per heavy atom. The fourth-order valence-electron chi connectivity index (χ4n) is 3.82. The number of hydrogen-bond donors (Lipinski definition) is 0. The monoisotopic (exact) mass is 626 g/mol. The minimum absolute atomic E-state index is 0.204. The molecule has 0 spiro atoms. The van der Waals surface area contributed by atoms with Crippen LogP contribution in [0, 0.1) is 0 Å². The van der Waals surface area contributed by atoms with Crippen molar-refractivity contribution in [2.24, 2.45) is 0 Å². The molecule has 0 heterocycles. The first kappa shape index (κ1) is 40.0. The summed E-state index contributed by atoms with van der Waals surface area (Å²) in [6.07, 6.45) is 9.08. The molecule has 0 aliphatic carbocycles. The highest BCUT2D eigenvalue weighted by Gasteiger charge is 2.02. The van der Waals surface area contributed by atoms with Gasteiger partial charge in [-0.2, -0.15) is 0 Å². The van der Waals surface area contributed by atoms with Gasteiger partial charge < -0.3 is 42.6 Å². The van der Waals surface area contributed by atoms with Crippen LogP contribution in [-0.2, 0) is 49.1 Å². The van der Waals surface area contributed by atoms with Gasteiger partial charge in [0.1, 0.15) is 19.0 Å². The van der Waals surface area contributed by atoms with Crippen LogP contribution in [0.5, 0.6) is 5.75 Å². The van der Waals surface area contributed by atoms with Gasteiger partial charge in [-0.15, -0.1) is 0 Å². The van der Waals surface area contributed by atoms with Crippen molar-refractivity contribution >= 4 is 5.97 Å². The highest BCUT2D eigenvalue weighted by Crippen LogP contribution is 2.15. The molecule has 0 aliphatic heterocycles. The summed E-state index contributed by atoms with van der Waals surface area (Å²) in [7, 11) is 0. The van der Waals surface area contributed by atoms with Gasteiger partial charge in [0, 0.05) is 5.57 Å². The molecule has 0 atom stereocenters. The minimum atomic E-state index is -0.408.